The molecule has 33 heavy (non-hydrogen) atoms. The van der Waals surface area contributed by atoms with E-state index in [0.29, 0.717) is 17.7 Å². The summed E-state index contributed by atoms with van der Waals surface area (Å²) < 4.78 is 5.51. The van der Waals surface area contributed by atoms with Gasteiger partial charge in [0.1, 0.15) is 5.75 Å². The number of carbonyl (C=O) groups is 1. The van der Waals surface area contributed by atoms with Crippen LogP contribution in [0.3, 0.4) is 0 Å². The van der Waals surface area contributed by atoms with Gasteiger partial charge in [-0.1, -0.05) is 43.2 Å². The molecule has 5 nitrogen and oxygen atoms in total. The molecule has 1 saturated carbocycles. The Bertz CT molecular complexity index is 920. The number of methoxy groups -OCH3 is 1. The van der Waals surface area contributed by atoms with Crippen molar-refractivity contribution in [3.05, 3.63) is 60.2 Å². The van der Waals surface area contributed by atoms with E-state index in [9.17, 15) is 4.79 Å². The van der Waals surface area contributed by atoms with Gasteiger partial charge < -0.3 is 14.5 Å². The normalized spacial score (nSPS) is 24.4. The van der Waals surface area contributed by atoms with Crippen LogP contribution in [0, 0.1) is 11.8 Å². The Hall–Kier alpha value is -2.53. The summed E-state index contributed by atoms with van der Waals surface area (Å²) in [4.78, 5) is 20.6. The highest BCUT2D eigenvalue weighted by Crippen LogP contribution is 2.37. The first-order valence-electron chi connectivity index (χ1n) is 12.7. The van der Waals surface area contributed by atoms with Gasteiger partial charge in [-0.15, -0.1) is 0 Å². The predicted molar refractivity (Wildman–Crippen MR) is 133 cm³/mol. The lowest BCUT2D eigenvalue weighted by atomic mass is 9.88. The van der Waals surface area contributed by atoms with E-state index in [0.717, 1.165) is 64.4 Å². The van der Waals surface area contributed by atoms with Crippen LogP contribution < -0.4 is 9.64 Å². The summed E-state index contributed by atoms with van der Waals surface area (Å²) in [6.07, 6.45) is 4.56. The van der Waals surface area contributed by atoms with E-state index in [2.05, 4.69) is 63.2 Å². The van der Waals surface area contributed by atoms with E-state index in [1.165, 1.54) is 24.1 Å². The first-order valence-corrected chi connectivity index (χ1v) is 12.7. The maximum Gasteiger partial charge on any atom is 0.225 e. The fourth-order valence-corrected chi connectivity index (χ4v) is 6.08. The third-order valence-electron chi connectivity index (χ3n) is 7.97. The van der Waals surface area contributed by atoms with E-state index in [4.69, 9.17) is 4.74 Å². The summed E-state index contributed by atoms with van der Waals surface area (Å²) in [5, 5.41) is 0. The molecular weight excluding hydrogens is 410 g/mol. The Labute approximate surface area is 198 Å². The number of ether oxygens (including phenoxy) is 1. The molecule has 0 spiro atoms. The average molecular weight is 448 g/mol. The Balaban J connectivity index is 1.27. The third-order valence-corrected chi connectivity index (χ3v) is 7.97. The van der Waals surface area contributed by atoms with Gasteiger partial charge in [-0.25, -0.2) is 0 Å². The highest BCUT2D eigenvalue weighted by atomic mass is 16.5. The Morgan fingerprint density at radius 1 is 0.939 bits per heavy atom. The Morgan fingerprint density at radius 2 is 1.70 bits per heavy atom. The molecule has 2 aromatic rings. The van der Waals surface area contributed by atoms with Crippen molar-refractivity contribution in [2.45, 2.75) is 31.6 Å². The van der Waals surface area contributed by atoms with Crippen molar-refractivity contribution in [3.8, 4) is 5.75 Å². The van der Waals surface area contributed by atoms with Gasteiger partial charge in [0.15, 0.2) is 0 Å². The number of rotatable bonds is 6. The zero-order valence-electron chi connectivity index (χ0n) is 19.9. The van der Waals surface area contributed by atoms with Crippen LogP contribution in [0.15, 0.2) is 54.6 Å². The number of para-hydroxylation sites is 1. The zero-order chi connectivity index (χ0) is 22.6. The van der Waals surface area contributed by atoms with Gasteiger partial charge in [-0.2, -0.15) is 0 Å². The lowest BCUT2D eigenvalue weighted by Crippen LogP contribution is -2.48. The van der Waals surface area contributed by atoms with Gasteiger partial charge in [0.2, 0.25) is 5.91 Å². The molecule has 2 unspecified atom stereocenters. The average Bonchev–Trinajstić information content (AvgIpc) is 3.55. The monoisotopic (exact) mass is 447 g/mol. The van der Waals surface area contributed by atoms with Crippen molar-refractivity contribution < 1.29 is 9.53 Å². The molecule has 5 heteroatoms. The van der Waals surface area contributed by atoms with Crippen molar-refractivity contribution >= 4 is 11.6 Å². The second-order valence-corrected chi connectivity index (χ2v) is 9.99. The minimum atomic E-state index is 0.254. The fourth-order valence-electron chi connectivity index (χ4n) is 6.08. The minimum absolute atomic E-state index is 0.254. The summed E-state index contributed by atoms with van der Waals surface area (Å²) >= 11 is 0. The van der Waals surface area contributed by atoms with Crippen molar-refractivity contribution in [2.75, 3.05) is 57.8 Å². The van der Waals surface area contributed by atoms with E-state index in [1.807, 2.05) is 6.07 Å². The minimum Gasteiger partial charge on any atom is -0.497 e. The van der Waals surface area contributed by atoms with Gasteiger partial charge in [-0.05, 0) is 48.6 Å². The van der Waals surface area contributed by atoms with Gasteiger partial charge in [0, 0.05) is 63.3 Å². The maximum absolute atomic E-state index is 13.3. The zero-order valence-corrected chi connectivity index (χ0v) is 19.9. The molecule has 1 aliphatic carbocycles. The van der Waals surface area contributed by atoms with Crippen molar-refractivity contribution in [1.29, 1.82) is 0 Å². The van der Waals surface area contributed by atoms with Crippen LogP contribution in [0.1, 0.15) is 37.2 Å². The molecule has 2 aliphatic heterocycles. The number of hydrogen-bond donors (Lipinski definition) is 0. The maximum atomic E-state index is 13.3. The molecule has 3 aliphatic rings. The molecular formula is C28H37N3O2. The topological polar surface area (TPSA) is 36.0 Å². The highest BCUT2D eigenvalue weighted by molar-refractivity contribution is 5.79. The second-order valence-electron chi connectivity index (χ2n) is 9.99. The molecule has 0 N–H and O–H groups in total. The first-order chi connectivity index (χ1) is 16.2. The summed E-state index contributed by atoms with van der Waals surface area (Å²) in [6, 6.07) is 19.2. The van der Waals surface area contributed by atoms with Crippen molar-refractivity contribution in [3.63, 3.8) is 0 Å². The third kappa shape index (κ3) is 5.03. The summed E-state index contributed by atoms with van der Waals surface area (Å²) in [7, 11) is 1.73. The standard InChI is InChI=1S/C28H37N3O2/c1-33-26-13-7-10-23(18-26)27-21-31(28(32)22-8-5-6-9-22)20-24(27)19-29-14-16-30(17-15-29)25-11-3-2-4-12-25/h2-4,7,10-13,18,22,24,27H,5-6,8-9,14-17,19-21H2,1H3. The molecule has 176 valence electrons. The number of likely N-dealkylation sites (tertiary alicyclic amines) is 1. The number of piperazine rings is 1. The fraction of sp³-hybridized carbons (Fsp3) is 0.536. The van der Waals surface area contributed by atoms with E-state index >= 15 is 0 Å². The number of carbonyl (C=O) groups excluding carboxylic acids is 1. The number of amides is 1. The number of hydrogen-bond acceptors (Lipinski definition) is 4. The van der Waals surface area contributed by atoms with Gasteiger partial charge in [-0.3, -0.25) is 9.69 Å². The molecule has 2 aromatic carbocycles. The lowest BCUT2D eigenvalue weighted by Gasteiger charge is -2.38. The largest absolute Gasteiger partial charge is 0.497 e. The SMILES string of the molecule is COc1cccc(C2CN(C(=O)C3CCCC3)CC2CN2CCN(c3ccccc3)CC2)c1. The summed E-state index contributed by atoms with van der Waals surface area (Å²) in [5.74, 6) is 2.40. The molecule has 2 heterocycles. The summed E-state index contributed by atoms with van der Waals surface area (Å²) in [6.45, 7) is 7.06. The van der Waals surface area contributed by atoms with Crippen molar-refractivity contribution in [2.24, 2.45) is 11.8 Å². The predicted octanol–water partition coefficient (Wildman–Crippen LogP) is 4.25. The molecule has 0 bridgehead atoms. The lowest BCUT2D eigenvalue weighted by molar-refractivity contribution is -0.134. The molecule has 0 aromatic heterocycles. The van der Waals surface area contributed by atoms with Gasteiger partial charge in [0.25, 0.3) is 0 Å². The van der Waals surface area contributed by atoms with Crippen LogP contribution in [0.5, 0.6) is 5.75 Å². The molecule has 0 radical (unpaired) electrons. The Morgan fingerprint density at radius 3 is 2.42 bits per heavy atom. The molecule has 2 saturated heterocycles. The van der Waals surface area contributed by atoms with Gasteiger partial charge >= 0.3 is 0 Å². The quantitative estimate of drug-likeness (QED) is 0.663. The highest BCUT2D eigenvalue weighted by Gasteiger charge is 2.39. The first kappa shape index (κ1) is 22.3. The van der Waals surface area contributed by atoms with E-state index in [-0.39, 0.29) is 5.92 Å². The molecule has 5 rings (SSSR count). The smallest absolute Gasteiger partial charge is 0.225 e. The van der Waals surface area contributed by atoms with E-state index < -0.39 is 0 Å². The van der Waals surface area contributed by atoms with Crippen molar-refractivity contribution in [1.82, 2.24) is 9.80 Å². The van der Waals surface area contributed by atoms with Crippen LogP contribution in [0.2, 0.25) is 0 Å². The van der Waals surface area contributed by atoms with Crippen LogP contribution >= 0.6 is 0 Å². The second kappa shape index (κ2) is 10.2. The number of nitrogens with zero attached hydrogens (tertiary/aromatic N) is 3. The van der Waals surface area contributed by atoms with Crippen LogP contribution in [0.25, 0.3) is 0 Å². The van der Waals surface area contributed by atoms with E-state index in [1.54, 1.807) is 7.11 Å². The Kier molecular flexibility index (Phi) is 6.86. The number of anilines is 1. The van der Waals surface area contributed by atoms with Gasteiger partial charge in [0.05, 0.1) is 7.11 Å². The molecule has 2 atom stereocenters. The van der Waals surface area contributed by atoms with Crippen LogP contribution in [-0.2, 0) is 4.79 Å². The molecule has 1 amide bonds. The summed E-state index contributed by atoms with van der Waals surface area (Å²) in [5.41, 5.74) is 2.63. The number of benzene rings is 2. The van der Waals surface area contributed by atoms with Crippen LogP contribution in [0.4, 0.5) is 5.69 Å². The molecule has 3 fully saturated rings. The van der Waals surface area contributed by atoms with Crippen LogP contribution in [-0.4, -0.2) is 68.6 Å².